The molecule has 0 spiro atoms. The molecule has 0 aliphatic heterocycles. The Labute approximate surface area is 184 Å². The Balaban J connectivity index is 2.11. The number of thiazole rings is 1. The zero-order valence-electron chi connectivity index (χ0n) is 18.6. The Bertz CT molecular complexity index is 1200. The third-order valence-corrected chi connectivity index (χ3v) is 6.13. The van der Waals surface area contributed by atoms with Gasteiger partial charge in [-0.15, -0.1) is 0 Å². The summed E-state index contributed by atoms with van der Waals surface area (Å²) in [5.41, 5.74) is 4.97. The van der Waals surface area contributed by atoms with Crippen molar-refractivity contribution in [1.29, 1.82) is 0 Å². The maximum atomic E-state index is 12.9. The summed E-state index contributed by atoms with van der Waals surface area (Å²) in [7, 11) is 4.43. The average molecular weight is 443 g/mol. The number of hydrogen-bond donors (Lipinski definition) is 0. The van der Waals surface area contributed by atoms with Crippen molar-refractivity contribution in [2.24, 2.45) is 4.99 Å². The van der Waals surface area contributed by atoms with Gasteiger partial charge in [0.05, 0.1) is 38.0 Å². The van der Waals surface area contributed by atoms with Gasteiger partial charge in [0.15, 0.2) is 16.3 Å². The first-order valence-corrected chi connectivity index (χ1v) is 10.6. The highest BCUT2D eigenvalue weighted by Gasteiger charge is 2.16. The molecule has 1 amide bonds. The van der Waals surface area contributed by atoms with Crippen LogP contribution in [0.25, 0.3) is 10.2 Å². The van der Waals surface area contributed by atoms with Crippen molar-refractivity contribution < 1.29 is 23.8 Å². The van der Waals surface area contributed by atoms with Crippen LogP contribution in [0.15, 0.2) is 29.3 Å². The summed E-state index contributed by atoms with van der Waals surface area (Å²) in [6.07, 6.45) is 0.192. The second-order valence-corrected chi connectivity index (χ2v) is 8.29. The fraction of sp³-hybridized carbons (Fsp3) is 0.348. The Hall–Kier alpha value is -3.13. The molecule has 0 radical (unpaired) electrons. The van der Waals surface area contributed by atoms with Crippen LogP contribution in [0.3, 0.4) is 0 Å². The largest absolute Gasteiger partial charge is 0.493 e. The lowest BCUT2D eigenvalue weighted by atomic mass is 9.97. The number of ether oxygens (including phenoxy) is 3. The Morgan fingerprint density at radius 1 is 0.968 bits per heavy atom. The van der Waals surface area contributed by atoms with Crippen LogP contribution in [0.2, 0.25) is 0 Å². The lowest BCUT2D eigenvalue weighted by Crippen LogP contribution is -2.22. The van der Waals surface area contributed by atoms with Gasteiger partial charge in [-0.05, 0) is 37.5 Å². The zero-order valence-corrected chi connectivity index (χ0v) is 19.4. The van der Waals surface area contributed by atoms with E-state index in [0.29, 0.717) is 21.8 Å². The summed E-state index contributed by atoms with van der Waals surface area (Å²) >= 11 is 1.31. The number of carbonyl (C=O) groups excluding carboxylic acids is 2. The molecule has 0 aliphatic rings. The average Bonchev–Trinajstić information content (AvgIpc) is 3.05. The van der Waals surface area contributed by atoms with E-state index in [9.17, 15) is 9.59 Å². The third kappa shape index (κ3) is 4.80. The summed E-state index contributed by atoms with van der Waals surface area (Å²) in [6.45, 7) is 5.96. The van der Waals surface area contributed by atoms with E-state index in [1.165, 1.54) is 18.4 Å². The SMILES string of the molecule is COC(=O)Cn1c(=NC(=O)Cc2c(C)cc(C)cc2C)sc2cc(OC)c(OC)cc21. The maximum absolute atomic E-state index is 12.9. The normalized spacial score (nSPS) is 11.6. The molecule has 7 nitrogen and oxygen atoms in total. The molecule has 1 heterocycles. The molecule has 0 saturated heterocycles. The van der Waals surface area contributed by atoms with Gasteiger partial charge < -0.3 is 18.8 Å². The molecule has 0 N–H and O–H groups in total. The highest BCUT2D eigenvalue weighted by atomic mass is 32.1. The number of fused-ring (bicyclic) bond motifs is 1. The van der Waals surface area contributed by atoms with Crippen LogP contribution in [-0.2, 0) is 27.3 Å². The number of nitrogens with zero attached hydrogens (tertiary/aromatic N) is 2. The van der Waals surface area contributed by atoms with Crippen molar-refractivity contribution in [3.8, 4) is 11.5 Å². The second kappa shape index (κ2) is 9.34. The number of amides is 1. The predicted molar refractivity (Wildman–Crippen MR) is 120 cm³/mol. The Morgan fingerprint density at radius 2 is 1.58 bits per heavy atom. The van der Waals surface area contributed by atoms with Crippen molar-refractivity contribution in [3.63, 3.8) is 0 Å². The minimum absolute atomic E-state index is 0.0688. The fourth-order valence-electron chi connectivity index (χ4n) is 3.61. The van der Waals surface area contributed by atoms with E-state index >= 15 is 0 Å². The van der Waals surface area contributed by atoms with E-state index < -0.39 is 5.97 Å². The summed E-state index contributed by atoms with van der Waals surface area (Å²) in [6, 6.07) is 7.70. The summed E-state index contributed by atoms with van der Waals surface area (Å²) in [5.74, 6) is 0.369. The number of rotatable bonds is 6. The third-order valence-electron chi connectivity index (χ3n) is 5.09. The van der Waals surface area contributed by atoms with Gasteiger partial charge in [0.2, 0.25) is 0 Å². The standard InChI is InChI=1S/C23H26N2O5S/c1-13-7-14(2)16(15(3)8-13)9-21(26)24-23-25(12-22(27)30-6)17-10-18(28-4)19(29-5)11-20(17)31-23/h7-8,10-11H,9,12H2,1-6H3. The van der Waals surface area contributed by atoms with Gasteiger partial charge in [0.25, 0.3) is 5.91 Å². The van der Waals surface area contributed by atoms with Crippen LogP contribution in [0.5, 0.6) is 11.5 Å². The van der Waals surface area contributed by atoms with Crippen molar-refractivity contribution in [2.75, 3.05) is 21.3 Å². The van der Waals surface area contributed by atoms with Crippen LogP contribution in [0.1, 0.15) is 22.3 Å². The predicted octanol–water partition coefficient (Wildman–Crippen LogP) is 3.49. The number of hydrogen-bond acceptors (Lipinski definition) is 6. The maximum Gasteiger partial charge on any atom is 0.325 e. The minimum Gasteiger partial charge on any atom is -0.493 e. The number of methoxy groups -OCH3 is 3. The van der Waals surface area contributed by atoms with Gasteiger partial charge in [-0.25, -0.2) is 0 Å². The van der Waals surface area contributed by atoms with Crippen LogP contribution in [-0.4, -0.2) is 37.8 Å². The van der Waals surface area contributed by atoms with Gasteiger partial charge in [0.1, 0.15) is 6.54 Å². The fourth-order valence-corrected chi connectivity index (χ4v) is 4.67. The van der Waals surface area contributed by atoms with Gasteiger partial charge in [-0.1, -0.05) is 29.0 Å². The van der Waals surface area contributed by atoms with Gasteiger partial charge in [-0.2, -0.15) is 4.99 Å². The van der Waals surface area contributed by atoms with E-state index in [2.05, 4.69) is 17.1 Å². The van der Waals surface area contributed by atoms with E-state index in [1.807, 2.05) is 26.8 Å². The van der Waals surface area contributed by atoms with Crippen molar-refractivity contribution in [1.82, 2.24) is 4.57 Å². The second-order valence-electron chi connectivity index (χ2n) is 7.28. The van der Waals surface area contributed by atoms with Crippen molar-refractivity contribution in [3.05, 3.63) is 51.3 Å². The first-order chi connectivity index (χ1) is 14.8. The van der Waals surface area contributed by atoms with E-state index in [0.717, 1.165) is 27.0 Å². The Kier molecular flexibility index (Phi) is 6.80. The smallest absolute Gasteiger partial charge is 0.325 e. The highest BCUT2D eigenvalue weighted by molar-refractivity contribution is 7.16. The van der Waals surface area contributed by atoms with Gasteiger partial charge in [0, 0.05) is 12.1 Å². The molecule has 31 heavy (non-hydrogen) atoms. The molecular weight excluding hydrogens is 416 g/mol. The molecule has 0 unspecified atom stereocenters. The summed E-state index contributed by atoms with van der Waals surface area (Å²) in [4.78, 5) is 29.7. The molecule has 0 saturated carbocycles. The molecule has 0 aliphatic carbocycles. The molecule has 8 heteroatoms. The molecule has 3 aromatic rings. The first-order valence-electron chi connectivity index (χ1n) is 9.73. The highest BCUT2D eigenvalue weighted by Crippen LogP contribution is 2.33. The molecule has 2 aromatic carbocycles. The van der Waals surface area contributed by atoms with Gasteiger partial charge >= 0.3 is 5.97 Å². The summed E-state index contributed by atoms with van der Waals surface area (Å²) in [5, 5.41) is 0. The first kappa shape index (κ1) is 22.6. The molecule has 0 bridgehead atoms. The van der Waals surface area contributed by atoms with Crippen molar-refractivity contribution >= 4 is 33.4 Å². The molecule has 164 valence electrons. The minimum atomic E-state index is -0.436. The van der Waals surface area contributed by atoms with E-state index in [4.69, 9.17) is 14.2 Å². The zero-order chi connectivity index (χ0) is 22.7. The number of aryl methyl sites for hydroxylation is 3. The summed E-state index contributed by atoms with van der Waals surface area (Å²) < 4.78 is 18.1. The number of esters is 1. The number of benzene rings is 2. The molecule has 0 atom stereocenters. The van der Waals surface area contributed by atoms with E-state index in [1.54, 1.807) is 24.9 Å². The van der Waals surface area contributed by atoms with Crippen molar-refractivity contribution in [2.45, 2.75) is 33.7 Å². The molecule has 0 fully saturated rings. The van der Waals surface area contributed by atoms with Gasteiger partial charge in [-0.3, -0.25) is 9.59 Å². The number of carbonyl (C=O) groups is 2. The molecular formula is C23H26N2O5S. The van der Waals surface area contributed by atoms with Crippen LogP contribution < -0.4 is 14.3 Å². The van der Waals surface area contributed by atoms with Crippen LogP contribution >= 0.6 is 11.3 Å². The lowest BCUT2D eigenvalue weighted by Gasteiger charge is -2.09. The monoisotopic (exact) mass is 442 g/mol. The van der Waals surface area contributed by atoms with Crippen LogP contribution in [0.4, 0.5) is 0 Å². The molecule has 1 aromatic heterocycles. The number of aromatic nitrogens is 1. The Morgan fingerprint density at radius 3 is 2.16 bits per heavy atom. The van der Waals surface area contributed by atoms with E-state index in [-0.39, 0.29) is 18.9 Å². The van der Waals surface area contributed by atoms with Crippen LogP contribution in [0, 0.1) is 20.8 Å². The quantitative estimate of drug-likeness (QED) is 0.546. The molecule has 3 rings (SSSR count). The topological polar surface area (TPSA) is 79.1 Å². The lowest BCUT2D eigenvalue weighted by molar-refractivity contribution is -0.141.